The van der Waals surface area contributed by atoms with Gasteiger partial charge in [0.05, 0.1) is 0 Å². The Bertz CT molecular complexity index is 238. The number of hydrogen-bond acceptors (Lipinski definition) is 2. The Kier molecular flexibility index (Phi) is 5.58. The van der Waals surface area contributed by atoms with Gasteiger partial charge in [0.15, 0.2) is 0 Å². The first kappa shape index (κ1) is 11.3. The third kappa shape index (κ3) is 4.26. The third-order valence-electron chi connectivity index (χ3n) is 1.21. The molecule has 66 valence electrons. The van der Waals surface area contributed by atoms with Gasteiger partial charge in [0, 0.05) is 5.75 Å². The molecule has 0 unspecified atom stereocenters. The van der Waals surface area contributed by atoms with Gasteiger partial charge < -0.3 is 5.11 Å². The van der Waals surface area contributed by atoms with Crippen molar-refractivity contribution in [1.29, 1.82) is 0 Å². The zero-order valence-corrected chi connectivity index (χ0v) is 7.90. The molecule has 0 aliphatic heterocycles. The van der Waals surface area contributed by atoms with E-state index >= 15 is 0 Å². The van der Waals surface area contributed by atoms with Crippen LogP contribution in [0.4, 0.5) is 4.79 Å². The van der Waals surface area contributed by atoms with Gasteiger partial charge in [0.25, 0.3) is 0 Å². The minimum Gasteiger partial charge on any atom is -0.473 e. The molecule has 0 atom stereocenters. The molecular weight excluding hydrogens is 196 g/mol. The quantitative estimate of drug-likeness (QED) is 0.805. The van der Waals surface area contributed by atoms with Crippen molar-refractivity contribution < 1.29 is 9.90 Å². The summed E-state index contributed by atoms with van der Waals surface area (Å²) in [4.78, 5) is 10.1. The topological polar surface area (TPSA) is 37.3 Å². The van der Waals surface area contributed by atoms with Crippen LogP contribution in [0, 0.1) is 0 Å². The normalized spacial score (nSPS) is 8.67. The smallest absolute Gasteiger partial charge is 0.365 e. The van der Waals surface area contributed by atoms with Crippen LogP contribution in [-0.2, 0) is 5.75 Å². The lowest BCUT2D eigenvalue weighted by Gasteiger charge is -1.94. The Balaban J connectivity index is 0.00000121. The summed E-state index contributed by atoms with van der Waals surface area (Å²) in [6.45, 7) is 0. The number of rotatable bonds is 2. The summed E-state index contributed by atoms with van der Waals surface area (Å²) in [5.41, 5.74) is 1.04. The number of hydrogen-bond donors (Lipinski definition) is 1. The van der Waals surface area contributed by atoms with Crippen LogP contribution in [0.3, 0.4) is 0 Å². The molecule has 0 saturated heterocycles. The molecule has 12 heavy (non-hydrogen) atoms. The summed E-state index contributed by atoms with van der Waals surface area (Å²) in [6.07, 6.45) is 0. The summed E-state index contributed by atoms with van der Waals surface area (Å²) < 4.78 is 0. The van der Waals surface area contributed by atoms with Crippen molar-refractivity contribution >= 4 is 29.5 Å². The molecular formula is C8H9ClO2S. The first-order chi connectivity index (χ1) is 5.29. The predicted octanol–water partition coefficient (Wildman–Crippen LogP) is 3.02. The second-order valence-corrected chi connectivity index (χ2v) is 2.97. The SMILES string of the molecule is Cl.O=C(O)SCc1ccccc1. The second kappa shape index (κ2) is 5.91. The van der Waals surface area contributed by atoms with Crippen molar-refractivity contribution in [3.05, 3.63) is 35.9 Å². The number of halogens is 1. The zero-order valence-electron chi connectivity index (χ0n) is 6.27. The van der Waals surface area contributed by atoms with E-state index in [1.54, 1.807) is 0 Å². The fourth-order valence-electron chi connectivity index (χ4n) is 0.719. The van der Waals surface area contributed by atoms with Gasteiger partial charge in [-0.05, 0) is 17.3 Å². The lowest BCUT2D eigenvalue weighted by atomic mass is 10.2. The highest BCUT2D eigenvalue weighted by Crippen LogP contribution is 2.11. The molecule has 0 heterocycles. The second-order valence-electron chi connectivity index (χ2n) is 2.04. The zero-order chi connectivity index (χ0) is 8.10. The maximum absolute atomic E-state index is 10.1. The van der Waals surface area contributed by atoms with E-state index in [0.29, 0.717) is 5.75 Å². The van der Waals surface area contributed by atoms with Gasteiger partial charge in [-0.1, -0.05) is 30.3 Å². The van der Waals surface area contributed by atoms with Gasteiger partial charge in [0.2, 0.25) is 0 Å². The van der Waals surface area contributed by atoms with Gasteiger partial charge in [-0.3, -0.25) is 0 Å². The maximum Gasteiger partial charge on any atom is 0.365 e. The van der Waals surface area contributed by atoms with Crippen LogP contribution >= 0.6 is 24.2 Å². The molecule has 0 aliphatic rings. The maximum atomic E-state index is 10.1. The lowest BCUT2D eigenvalue weighted by Crippen LogP contribution is -1.85. The van der Waals surface area contributed by atoms with Crippen molar-refractivity contribution in [3.8, 4) is 0 Å². The van der Waals surface area contributed by atoms with Crippen LogP contribution < -0.4 is 0 Å². The van der Waals surface area contributed by atoms with E-state index in [0.717, 1.165) is 17.3 Å². The van der Waals surface area contributed by atoms with Crippen LogP contribution in [0.25, 0.3) is 0 Å². The van der Waals surface area contributed by atoms with E-state index in [1.165, 1.54) is 0 Å². The van der Waals surface area contributed by atoms with Crippen molar-refractivity contribution in [3.63, 3.8) is 0 Å². The first-order valence-corrected chi connectivity index (χ1v) is 4.17. The van der Waals surface area contributed by atoms with Crippen molar-refractivity contribution in [2.24, 2.45) is 0 Å². The molecule has 1 N–H and O–H groups in total. The predicted molar refractivity (Wildman–Crippen MR) is 53.0 cm³/mol. The van der Waals surface area contributed by atoms with Crippen LogP contribution in [0.5, 0.6) is 0 Å². The molecule has 0 aliphatic carbocycles. The van der Waals surface area contributed by atoms with Crippen LogP contribution in [0.2, 0.25) is 0 Å². The van der Waals surface area contributed by atoms with Gasteiger partial charge in [-0.2, -0.15) is 0 Å². The summed E-state index contributed by atoms with van der Waals surface area (Å²) in [5, 5.41) is 7.51. The lowest BCUT2D eigenvalue weighted by molar-refractivity contribution is 0.222. The Hall–Kier alpha value is -0.670. The molecule has 0 amide bonds. The van der Waals surface area contributed by atoms with E-state index < -0.39 is 5.30 Å². The number of carboxylic acid groups (broad SMARTS) is 1. The van der Waals surface area contributed by atoms with Gasteiger partial charge in [-0.25, -0.2) is 4.79 Å². The monoisotopic (exact) mass is 204 g/mol. The summed E-state index contributed by atoms with van der Waals surface area (Å²) in [6, 6.07) is 9.54. The van der Waals surface area contributed by atoms with Crippen LogP contribution in [0.1, 0.15) is 5.56 Å². The molecule has 0 bridgehead atoms. The Morgan fingerprint density at radius 2 is 1.92 bits per heavy atom. The highest BCUT2D eigenvalue weighted by atomic mass is 35.5. The van der Waals surface area contributed by atoms with Crippen LogP contribution in [0.15, 0.2) is 30.3 Å². The van der Waals surface area contributed by atoms with Crippen molar-refractivity contribution in [2.75, 3.05) is 0 Å². The summed E-state index contributed by atoms with van der Waals surface area (Å²) in [5.74, 6) is 0.538. The molecule has 2 nitrogen and oxygen atoms in total. The molecule has 0 fully saturated rings. The number of carbonyl (C=O) groups is 1. The van der Waals surface area contributed by atoms with Crippen molar-refractivity contribution in [2.45, 2.75) is 5.75 Å². The largest absolute Gasteiger partial charge is 0.473 e. The Morgan fingerprint density at radius 1 is 1.33 bits per heavy atom. The fourth-order valence-corrected chi connectivity index (χ4v) is 1.20. The Labute approximate surface area is 81.4 Å². The number of benzene rings is 1. The average Bonchev–Trinajstić information content (AvgIpc) is 2.03. The van der Waals surface area contributed by atoms with E-state index in [9.17, 15) is 4.79 Å². The first-order valence-electron chi connectivity index (χ1n) is 3.18. The molecule has 0 radical (unpaired) electrons. The molecule has 0 spiro atoms. The number of thioether (sulfide) groups is 1. The summed E-state index contributed by atoms with van der Waals surface area (Å²) >= 11 is 0.901. The van der Waals surface area contributed by atoms with Crippen LogP contribution in [-0.4, -0.2) is 10.4 Å². The third-order valence-corrected chi connectivity index (χ3v) is 1.93. The molecule has 1 aromatic rings. The van der Waals surface area contributed by atoms with E-state index in [1.807, 2.05) is 30.3 Å². The fraction of sp³-hybridized carbons (Fsp3) is 0.125. The van der Waals surface area contributed by atoms with E-state index in [4.69, 9.17) is 5.11 Å². The molecule has 4 heteroatoms. The highest BCUT2D eigenvalue weighted by Gasteiger charge is 1.97. The Morgan fingerprint density at radius 3 is 2.42 bits per heavy atom. The molecule has 0 aromatic heterocycles. The minimum atomic E-state index is -0.825. The molecule has 1 rings (SSSR count). The standard InChI is InChI=1S/C8H8O2S.ClH/c9-8(10)11-6-7-4-2-1-3-5-7;/h1-5H,6H2,(H,9,10);1H. The van der Waals surface area contributed by atoms with Gasteiger partial charge in [0.1, 0.15) is 0 Å². The average molecular weight is 205 g/mol. The molecule has 1 aromatic carbocycles. The van der Waals surface area contributed by atoms with E-state index in [-0.39, 0.29) is 12.4 Å². The van der Waals surface area contributed by atoms with Gasteiger partial charge in [-0.15, -0.1) is 12.4 Å². The van der Waals surface area contributed by atoms with E-state index in [2.05, 4.69) is 0 Å². The van der Waals surface area contributed by atoms with Gasteiger partial charge >= 0.3 is 5.30 Å². The highest BCUT2D eigenvalue weighted by molar-refractivity contribution is 8.12. The minimum absolute atomic E-state index is 0. The van der Waals surface area contributed by atoms with Crippen molar-refractivity contribution in [1.82, 2.24) is 0 Å². The molecule has 0 saturated carbocycles. The summed E-state index contributed by atoms with van der Waals surface area (Å²) in [7, 11) is 0.